The van der Waals surface area contributed by atoms with E-state index in [1.165, 1.54) is 0 Å². The lowest BCUT2D eigenvalue weighted by atomic mass is 10.1. The molecule has 1 heterocycles. The molecular weight excluding hydrogens is 364 g/mol. The van der Waals surface area contributed by atoms with Crippen LogP contribution in [0.3, 0.4) is 0 Å². The van der Waals surface area contributed by atoms with Crippen LogP contribution in [0.1, 0.15) is 34.6 Å². The monoisotopic (exact) mass is 386 g/mol. The minimum atomic E-state index is -3.19. The van der Waals surface area contributed by atoms with Crippen LogP contribution in [0.2, 0.25) is 0 Å². The number of nitrogens with one attached hydrogen (secondary N) is 2. The first kappa shape index (κ1) is 19.1. The molecule has 0 aliphatic heterocycles. The Morgan fingerprint density at radius 3 is 2.48 bits per heavy atom. The highest BCUT2D eigenvalue weighted by Gasteiger charge is 2.15. The number of fused-ring (bicyclic) bond motifs is 1. The summed E-state index contributed by atoms with van der Waals surface area (Å²) < 4.78 is 30.4. The molecule has 1 amide bonds. The topological polar surface area (TPSA) is 88.4 Å². The summed E-state index contributed by atoms with van der Waals surface area (Å²) >= 11 is 0. The maximum Gasteiger partial charge on any atom is 0.251 e. The van der Waals surface area contributed by atoms with Gasteiger partial charge in [0.25, 0.3) is 5.91 Å². The SMILES string of the molecule is C[C@@H](NC(=O)c1ccc(CCNS(C)(=O)=O)cc1)c1cc2ccccc2o1. The van der Waals surface area contributed by atoms with Gasteiger partial charge < -0.3 is 9.73 Å². The van der Waals surface area contributed by atoms with Crippen LogP contribution in [0.25, 0.3) is 11.0 Å². The molecule has 2 aromatic carbocycles. The van der Waals surface area contributed by atoms with Crippen LogP contribution >= 0.6 is 0 Å². The Morgan fingerprint density at radius 2 is 1.81 bits per heavy atom. The fourth-order valence-electron chi connectivity index (χ4n) is 2.77. The van der Waals surface area contributed by atoms with Gasteiger partial charge in [-0.2, -0.15) is 0 Å². The van der Waals surface area contributed by atoms with Gasteiger partial charge in [0.2, 0.25) is 10.0 Å². The van der Waals surface area contributed by atoms with E-state index in [2.05, 4.69) is 10.0 Å². The van der Waals surface area contributed by atoms with Crippen molar-refractivity contribution in [3.63, 3.8) is 0 Å². The van der Waals surface area contributed by atoms with E-state index in [0.29, 0.717) is 24.3 Å². The number of hydrogen-bond donors (Lipinski definition) is 2. The van der Waals surface area contributed by atoms with Gasteiger partial charge in [-0.1, -0.05) is 30.3 Å². The Balaban J connectivity index is 1.60. The molecule has 0 fully saturated rings. The van der Waals surface area contributed by atoms with Gasteiger partial charge in [-0.05, 0) is 43.2 Å². The lowest BCUT2D eigenvalue weighted by Crippen LogP contribution is -2.26. The third kappa shape index (κ3) is 5.18. The van der Waals surface area contributed by atoms with Crippen LogP contribution in [0.5, 0.6) is 0 Å². The predicted molar refractivity (Wildman–Crippen MR) is 105 cm³/mol. The van der Waals surface area contributed by atoms with Crippen LogP contribution in [0, 0.1) is 0 Å². The normalized spacial score (nSPS) is 12.8. The van der Waals surface area contributed by atoms with Gasteiger partial charge in [0.05, 0.1) is 12.3 Å². The summed E-state index contributed by atoms with van der Waals surface area (Å²) in [5.41, 5.74) is 2.28. The second-order valence-corrected chi connectivity index (χ2v) is 8.33. The van der Waals surface area contributed by atoms with Crippen LogP contribution < -0.4 is 10.0 Å². The van der Waals surface area contributed by atoms with E-state index in [4.69, 9.17) is 4.42 Å². The molecule has 1 aromatic heterocycles. The summed E-state index contributed by atoms with van der Waals surface area (Å²) in [6.07, 6.45) is 1.69. The standard InChI is InChI=1S/C20H22N2O4S/c1-14(19-13-17-5-3-4-6-18(17)26-19)22-20(23)16-9-7-15(8-10-16)11-12-21-27(2,24)25/h3-10,13-14,21H,11-12H2,1-2H3,(H,22,23)/t14-/m1/s1. The van der Waals surface area contributed by atoms with Crippen molar-refractivity contribution in [1.82, 2.24) is 10.0 Å². The molecule has 7 heteroatoms. The van der Waals surface area contributed by atoms with Crippen molar-refractivity contribution in [3.8, 4) is 0 Å². The number of hydrogen-bond acceptors (Lipinski definition) is 4. The highest BCUT2D eigenvalue weighted by molar-refractivity contribution is 7.88. The van der Waals surface area contributed by atoms with Gasteiger partial charge in [0.15, 0.2) is 0 Å². The number of benzene rings is 2. The van der Waals surface area contributed by atoms with Crippen molar-refractivity contribution in [1.29, 1.82) is 0 Å². The zero-order chi connectivity index (χ0) is 19.4. The van der Waals surface area contributed by atoms with Gasteiger partial charge in [-0.25, -0.2) is 13.1 Å². The molecule has 0 aliphatic rings. The van der Waals surface area contributed by atoms with Gasteiger partial charge in [0.1, 0.15) is 11.3 Å². The quantitative estimate of drug-likeness (QED) is 0.653. The van der Waals surface area contributed by atoms with Crippen LogP contribution in [-0.4, -0.2) is 27.1 Å². The molecule has 0 unspecified atom stereocenters. The average Bonchev–Trinajstić information content (AvgIpc) is 3.05. The Labute approximate surface area is 158 Å². The molecule has 0 aliphatic carbocycles. The zero-order valence-corrected chi connectivity index (χ0v) is 16.0. The first-order valence-electron chi connectivity index (χ1n) is 8.65. The maximum atomic E-state index is 12.5. The van der Waals surface area contributed by atoms with Crippen molar-refractivity contribution in [3.05, 3.63) is 71.5 Å². The third-order valence-corrected chi connectivity index (χ3v) is 4.94. The number of sulfonamides is 1. The van der Waals surface area contributed by atoms with Crippen molar-refractivity contribution in [2.45, 2.75) is 19.4 Å². The summed E-state index contributed by atoms with van der Waals surface area (Å²) in [5, 5.41) is 3.93. The lowest BCUT2D eigenvalue weighted by molar-refractivity contribution is 0.0935. The van der Waals surface area contributed by atoms with E-state index in [9.17, 15) is 13.2 Å². The molecule has 0 bridgehead atoms. The second kappa shape index (κ2) is 7.94. The highest BCUT2D eigenvalue weighted by Crippen LogP contribution is 2.23. The van der Waals surface area contributed by atoms with Crippen molar-refractivity contribution in [2.24, 2.45) is 0 Å². The first-order chi connectivity index (χ1) is 12.8. The molecule has 0 saturated carbocycles. The highest BCUT2D eigenvalue weighted by atomic mass is 32.2. The van der Waals surface area contributed by atoms with Gasteiger partial charge in [0, 0.05) is 17.5 Å². The second-order valence-electron chi connectivity index (χ2n) is 6.50. The Hall–Kier alpha value is -2.64. The van der Waals surface area contributed by atoms with Gasteiger partial charge >= 0.3 is 0 Å². The van der Waals surface area contributed by atoms with Gasteiger partial charge in [-0.15, -0.1) is 0 Å². The molecule has 0 saturated heterocycles. The summed E-state index contributed by atoms with van der Waals surface area (Å²) in [6.45, 7) is 2.20. The molecule has 6 nitrogen and oxygen atoms in total. The third-order valence-electron chi connectivity index (χ3n) is 4.21. The maximum absolute atomic E-state index is 12.5. The van der Waals surface area contributed by atoms with E-state index in [1.807, 2.05) is 49.4 Å². The van der Waals surface area contributed by atoms with Crippen LogP contribution in [0.15, 0.2) is 59.0 Å². The minimum absolute atomic E-state index is 0.191. The van der Waals surface area contributed by atoms with E-state index >= 15 is 0 Å². The van der Waals surface area contributed by atoms with Crippen molar-refractivity contribution < 1.29 is 17.6 Å². The largest absolute Gasteiger partial charge is 0.459 e. The fraction of sp³-hybridized carbons (Fsp3) is 0.250. The Bertz CT molecular complexity index is 1010. The molecule has 3 rings (SSSR count). The molecular formula is C20H22N2O4S. The Morgan fingerprint density at radius 1 is 1.11 bits per heavy atom. The summed E-state index contributed by atoms with van der Waals surface area (Å²) in [6, 6.07) is 16.5. The minimum Gasteiger partial charge on any atom is -0.459 e. The van der Waals surface area contributed by atoms with E-state index in [1.54, 1.807) is 12.1 Å². The van der Waals surface area contributed by atoms with Crippen molar-refractivity contribution in [2.75, 3.05) is 12.8 Å². The van der Waals surface area contributed by atoms with Crippen LogP contribution in [0.4, 0.5) is 0 Å². The molecule has 142 valence electrons. The first-order valence-corrected chi connectivity index (χ1v) is 10.5. The van der Waals surface area contributed by atoms with E-state index in [-0.39, 0.29) is 11.9 Å². The summed E-state index contributed by atoms with van der Waals surface area (Å²) in [4.78, 5) is 12.5. The molecule has 27 heavy (non-hydrogen) atoms. The molecule has 0 spiro atoms. The molecule has 1 atom stereocenters. The number of carbonyl (C=O) groups is 1. The summed E-state index contributed by atoms with van der Waals surface area (Å²) in [5.74, 6) is 0.511. The molecule has 3 aromatic rings. The van der Waals surface area contributed by atoms with Crippen molar-refractivity contribution >= 4 is 26.9 Å². The number of furan rings is 1. The number of amides is 1. The number of rotatable bonds is 7. The number of carbonyl (C=O) groups excluding carboxylic acids is 1. The Kier molecular flexibility index (Phi) is 5.62. The van der Waals surface area contributed by atoms with E-state index in [0.717, 1.165) is 22.8 Å². The van der Waals surface area contributed by atoms with Gasteiger partial charge in [-0.3, -0.25) is 4.79 Å². The number of para-hydroxylation sites is 1. The predicted octanol–water partition coefficient (Wildman–Crippen LogP) is 3.02. The van der Waals surface area contributed by atoms with Crippen LogP contribution in [-0.2, 0) is 16.4 Å². The zero-order valence-electron chi connectivity index (χ0n) is 15.2. The van der Waals surface area contributed by atoms with E-state index < -0.39 is 10.0 Å². The molecule has 0 radical (unpaired) electrons. The average molecular weight is 386 g/mol. The summed E-state index contributed by atoms with van der Waals surface area (Å²) in [7, 11) is -3.19. The lowest BCUT2D eigenvalue weighted by Gasteiger charge is -2.12. The fourth-order valence-corrected chi connectivity index (χ4v) is 3.24. The molecule has 2 N–H and O–H groups in total. The smallest absolute Gasteiger partial charge is 0.251 e.